The molecule has 0 unspecified atom stereocenters. The van der Waals surface area contributed by atoms with E-state index in [4.69, 9.17) is 5.73 Å². The number of nitrogens with zero attached hydrogens (tertiary/aromatic N) is 1. The van der Waals surface area contributed by atoms with E-state index in [9.17, 15) is 4.79 Å². The third-order valence-electron chi connectivity index (χ3n) is 1.50. The highest BCUT2D eigenvalue weighted by Gasteiger charge is 2.01. The zero-order valence-corrected chi connectivity index (χ0v) is 6.82. The summed E-state index contributed by atoms with van der Waals surface area (Å²) in [6.45, 7) is 1.79. The molecule has 3 heteroatoms. The first-order valence-electron chi connectivity index (χ1n) is 3.62. The molecule has 0 saturated heterocycles. The summed E-state index contributed by atoms with van der Waals surface area (Å²) in [5.74, 6) is 0. The van der Waals surface area contributed by atoms with E-state index in [2.05, 4.69) is 4.99 Å². The van der Waals surface area contributed by atoms with Gasteiger partial charge < -0.3 is 5.73 Å². The van der Waals surface area contributed by atoms with E-state index in [1.165, 1.54) is 0 Å². The van der Waals surface area contributed by atoms with E-state index in [1.807, 2.05) is 0 Å². The number of benzene rings is 1. The lowest BCUT2D eigenvalue weighted by atomic mass is 10.1. The highest BCUT2D eigenvalue weighted by Crippen LogP contribution is 2.21. The number of hydrogen-bond donors (Lipinski definition) is 1. The molecular formula is C9H10N2O. The summed E-state index contributed by atoms with van der Waals surface area (Å²) < 4.78 is 0. The molecule has 1 aromatic carbocycles. The van der Waals surface area contributed by atoms with Gasteiger partial charge in [0.1, 0.15) is 0 Å². The Labute approximate surface area is 70.9 Å². The Kier molecular flexibility index (Phi) is 2.58. The van der Waals surface area contributed by atoms with E-state index in [0.29, 0.717) is 16.9 Å². The Bertz CT molecular complexity index is 318. The van der Waals surface area contributed by atoms with Crippen LogP contribution in [0.5, 0.6) is 0 Å². The van der Waals surface area contributed by atoms with Gasteiger partial charge in [-0.05, 0) is 19.1 Å². The highest BCUT2D eigenvalue weighted by molar-refractivity contribution is 5.91. The number of carbonyl (C=O) groups is 1. The van der Waals surface area contributed by atoms with E-state index in [1.54, 1.807) is 31.3 Å². The van der Waals surface area contributed by atoms with Gasteiger partial charge in [0.25, 0.3) is 0 Å². The molecule has 0 fully saturated rings. The van der Waals surface area contributed by atoms with Crippen molar-refractivity contribution >= 4 is 23.9 Å². The zero-order valence-electron chi connectivity index (χ0n) is 6.82. The van der Waals surface area contributed by atoms with Crippen molar-refractivity contribution in [1.82, 2.24) is 0 Å². The monoisotopic (exact) mass is 162 g/mol. The van der Waals surface area contributed by atoms with Crippen molar-refractivity contribution in [2.75, 3.05) is 5.73 Å². The van der Waals surface area contributed by atoms with Gasteiger partial charge in [-0.2, -0.15) is 0 Å². The lowest BCUT2D eigenvalue weighted by molar-refractivity contribution is 0.112. The summed E-state index contributed by atoms with van der Waals surface area (Å²) in [5, 5.41) is 0. The van der Waals surface area contributed by atoms with Crippen molar-refractivity contribution in [2.45, 2.75) is 6.92 Å². The van der Waals surface area contributed by atoms with Gasteiger partial charge in [-0.3, -0.25) is 9.79 Å². The fourth-order valence-electron chi connectivity index (χ4n) is 0.950. The second-order valence-corrected chi connectivity index (χ2v) is 2.29. The number of hydrogen-bond acceptors (Lipinski definition) is 3. The number of aldehydes is 1. The van der Waals surface area contributed by atoms with Gasteiger partial charge >= 0.3 is 0 Å². The molecule has 0 radical (unpaired) electrons. The molecule has 0 atom stereocenters. The fraction of sp³-hybridized carbons (Fsp3) is 0.111. The van der Waals surface area contributed by atoms with Crippen LogP contribution >= 0.6 is 0 Å². The lowest BCUT2D eigenvalue weighted by Crippen LogP contribution is -1.92. The predicted molar refractivity (Wildman–Crippen MR) is 50.1 cm³/mol. The smallest absolute Gasteiger partial charge is 0.154 e. The first-order valence-corrected chi connectivity index (χ1v) is 3.62. The van der Waals surface area contributed by atoms with Crippen LogP contribution in [0.25, 0.3) is 0 Å². The fourth-order valence-corrected chi connectivity index (χ4v) is 0.950. The summed E-state index contributed by atoms with van der Waals surface area (Å²) in [6.07, 6.45) is 2.35. The molecule has 0 spiro atoms. The van der Waals surface area contributed by atoms with E-state index >= 15 is 0 Å². The first kappa shape index (κ1) is 8.46. The van der Waals surface area contributed by atoms with Crippen molar-refractivity contribution < 1.29 is 4.79 Å². The highest BCUT2D eigenvalue weighted by atomic mass is 16.1. The number of carbonyl (C=O) groups excluding carboxylic acids is 1. The molecule has 0 aliphatic rings. The Morgan fingerprint density at radius 3 is 2.83 bits per heavy atom. The standard InChI is InChI=1S/C9H10N2O/c1-2-11-9-5-3-4-8(10)7(9)6-12/h2-6H,10H2,1H3. The molecule has 3 nitrogen and oxygen atoms in total. The van der Waals surface area contributed by atoms with Crippen LogP contribution in [0.4, 0.5) is 11.4 Å². The van der Waals surface area contributed by atoms with Crippen molar-refractivity contribution in [3.63, 3.8) is 0 Å². The molecule has 0 bridgehead atoms. The minimum absolute atomic E-state index is 0.454. The third kappa shape index (κ3) is 1.50. The van der Waals surface area contributed by atoms with Crippen molar-refractivity contribution in [1.29, 1.82) is 0 Å². The number of aliphatic imine (C=N–C) groups is 1. The zero-order chi connectivity index (χ0) is 8.97. The van der Waals surface area contributed by atoms with Crippen molar-refractivity contribution in [3.05, 3.63) is 23.8 Å². The van der Waals surface area contributed by atoms with E-state index in [0.717, 1.165) is 6.29 Å². The van der Waals surface area contributed by atoms with Gasteiger partial charge in [0.2, 0.25) is 0 Å². The van der Waals surface area contributed by atoms with Gasteiger partial charge in [-0.15, -0.1) is 0 Å². The first-order chi connectivity index (χ1) is 5.79. The van der Waals surface area contributed by atoms with Crippen LogP contribution < -0.4 is 5.73 Å². The lowest BCUT2D eigenvalue weighted by Gasteiger charge is -2.00. The predicted octanol–water partition coefficient (Wildman–Crippen LogP) is 1.80. The van der Waals surface area contributed by atoms with Crippen molar-refractivity contribution in [2.24, 2.45) is 4.99 Å². The molecule has 0 aliphatic heterocycles. The third-order valence-corrected chi connectivity index (χ3v) is 1.50. The van der Waals surface area contributed by atoms with Crippen LogP contribution in [-0.2, 0) is 0 Å². The molecule has 2 N–H and O–H groups in total. The second-order valence-electron chi connectivity index (χ2n) is 2.29. The Morgan fingerprint density at radius 1 is 1.50 bits per heavy atom. The SMILES string of the molecule is CC=Nc1cccc(N)c1C=O. The van der Waals surface area contributed by atoms with E-state index < -0.39 is 0 Å². The molecule has 0 amide bonds. The molecular weight excluding hydrogens is 152 g/mol. The maximum Gasteiger partial charge on any atom is 0.154 e. The quantitative estimate of drug-likeness (QED) is 0.409. The molecule has 0 saturated carbocycles. The van der Waals surface area contributed by atoms with Crippen LogP contribution in [0, 0.1) is 0 Å². The molecule has 0 aromatic heterocycles. The van der Waals surface area contributed by atoms with Crippen LogP contribution in [0.1, 0.15) is 17.3 Å². The Morgan fingerprint density at radius 2 is 2.25 bits per heavy atom. The number of nitrogens with two attached hydrogens (primary N) is 1. The maximum absolute atomic E-state index is 10.6. The number of rotatable bonds is 2. The molecule has 0 aliphatic carbocycles. The Balaban J connectivity index is 3.27. The second kappa shape index (κ2) is 3.67. The van der Waals surface area contributed by atoms with Gasteiger partial charge in [-0.1, -0.05) is 6.07 Å². The van der Waals surface area contributed by atoms with E-state index in [-0.39, 0.29) is 0 Å². The minimum atomic E-state index is 0.454. The number of nitrogen functional groups attached to an aromatic ring is 1. The largest absolute Gasteiger partial charge is 0.398 e. The summed E-state index contributed by atoms with van der Waals surface area (Å²) in [4.78, 5) is 14.6. The van der Waals surface area contributed by atoms with Crippen LogP contribution in [0.15, 0.2) is 23.2 Å². The maximum atomic E-state index is 10.6. The van der Waals surface area contributed by atoms with Crippen LogP contribution in [-0.4, -0.2) is 12.5 Å². The van der Waals surface area contributed by atoms with Crippen molar-refractivity contribution in [3.8, 4) is 0 Å². The molecule has 62 valence electrons. The summed E-state index contributed by atoms with van der Waals surface area (Å²) in [5.41, 5.74) is 7.10. The average molecular weight is 162 g/mol. The van der Waals surface area contributed by atoms with Crippen LogP contribution in [0.3, 0.4) is 0 Å². The topological polar surface area (TPSA) is 55.4 Å². The average Bonchev–Trinajstić information content (AvgIpc) is 2.05. The van der Waals surface area contributed by atoms with Crippen LogP contribution in [0.2, 0.25) is 0 Å². The molecule has 1 aromatic rings. The minimum Gasteiger partial charge on any atom is -0.398 e. The summed E-state index contributed by atoms with van der Waals surface area (Å²) in [7, 11) is 0. The summed E-state index contributed by atoms with van der Waals surface area (Å²) in [6, 6.07) is 5.20. The molecule has 0 heterocycles. The normalized spacial score (nSPS) is 10.4. The van der Waals surface area contributed by atoms with Gasteiger partial charge in [0, 0.05) is 11.9 Å². The summed E-state index contributed by atoms with van der Waals surface area (Å²) >= 11 is 0. The van der Waals surface area contributed by atoms with Gasteiger partial charge in [0.15, 0.2) is 6.29 Å². The van der Waals surface area contributed by atoms with Gasteiger partial charge in [-0.25, -0.2) is 0 Å². The molecule has 1 rings (SSSR count). The van der Waals surface area contributed by atoms with Gasteiger partial charge in [0.05, 0.1) is 11.3 Å². The Hall–Kier alpha value is -1.64. The number of anilines is 1. The molecule has 12 heavy (non-hydrogen) atoms.